The van der Waals surface area contributed by atoms with E-state index in [0.717, 1.165) is 24.9 Å². The molecule has 0 spiro atoms. The summed E-state index contributed by atoms with van der Waals surface area (Å²) >= 11 is 0. The molecule has 1 aliphatic rings. The molecule has 0 saturated carbocycles. The first-order valence-electron chi connectivity index (χ1n) is 5.82. The highest BCUT2D eigenvalue weighted by atomic mass is 16.5. The Bertz CT molecular complexity index is 349. The van der Waals surface area contributed by atoms with Gasteiger partial charge in [-0.3, -0.25) is 4.90 Å². The summed E-state index contributed by atoms with van der Waals surface area (Å²) in [6.45, 7) is 2.43. The zero-order valence-electron chi connectivity index (χ0n) is 9.66. The number of carbonyl (C=O) groups is 1. The number of likely N-dealkylation sites (tertiary alicyclic amines) is 1. The summed E-state index contributed by atoms with van der Waals surface area (Å²) in [5, 5.41) is 8.76. The lowest BCUT2D eigenvalue weighted by molar-refractivity contribution is -0.133. The van der Waals surface area contributed by atoms with Gasteiger partial charge in [-0.05, 0) is 5.56 Å². The average molecular weight is 235 g/mol. The van der Waals surface area contributed by atoms with Crippen molar-refractivity contribution in [3.05, 3.63) is 35.9 Å². The largest absolute Gasteiger partial charge is 0.395 e. The van der Waals surface area contributed by atoms with Gasteiger partial charge in [0.15, 0.2) is 6.29 Å². The van der Waals surface area contributed by atoms with Gasteiger partial charge in [0.25, 0.3) is 0 Å². The van der Waals surface area contributed by atoms with Gasteiger partial charge in [-0.2, -0.15) is 0 Å². The number of aliphatic hydroxyl groups is 1. The fraction of sp³-hybridized carbons (Fsp3) is 0.462. The summed E-state index contributed by atoms with van der Waals surface area (Å²) in [5.41, 5.74) is 0.892. The van der Waals surface area contributed by atoms with E-state index < -0.39 is 6.10 Å². The lowest BCUT2D eigenvalue weighted by Crippen LogP contribution is -2.53. The van der Waals surface area contributed by atoms with E-state index >= 15 is 0 Å². The minimum atomic E-state index is -0.475. The van der Waals surface area contributed by atoms with Crippen LogP contribution < -0.4 is 0 Å². The van der Waals surface area contributed by atoms with E-state index in [1.54, 1.807) is 0 Å². The minimum absolute atomic E-state index is 0.0944. The molecular weight excluding hydrogens is 218 g/mol. The SMILES string of the molecule is O=C[C@@H](OC1CN(CCO)C1)c1ccccc1. The van der Waals surface area contributed by atoms with Gasteiger partial charge >= 0.3 is 0 Å². The van der Waals surface area contributed by atoms with Crippen molar-refractivity contribution in [3.8, 4) is 0 Å². The summed E-state index contributed by atoms with van der Waals surface area (Å²) in [4.78, 5) is 13.1. The summed E-state index contributed by atoms with van der Waals surface area (Å²) in [6, 6.07) is 9.49. The van der Waals surface area contributed by atoms with Gasteiger partial charge in [0, 0.05) is 19.6 Å². The fourth-order valence-electron chi connectivity index (χ4n) is 1.97. The number of ether oxygens (including phenoxy) is 1. The van der Waals surface area contributed by atoms with Crippen LogP contribution >= 0.6 is 0 Å². The number of hydrogen-bond acceptors (Lipinski definition) is 4. The lowest BCUT2D eigenvalue weighted by Gasteiger charge is -2.39. The Kier molecular flexibility index (Phi) is 4.25. The second kappa shape index (κ2) is 5.91. The van der Waals surface area contributed by atoms with Gasteiger partial charge < -0.3 is 14.6 Å². The molecule has 1 fully saturated rings. The molecule has 2 rings (SSSR count). The first-order valence-corrected chi connectivity index (χ1v) is 5.82. The maximum atomic E-state index is 11.0. The fourth-order valence-corrected chi connectivity index (χ4v) is 1.97. The summed E-state index contributed by atoms with van der Waals surface area (Å²) in [5.74, 6) is 0. The standard InChI is InChI=1S/C13H17NO3/c15-7-6-14-8-12(9-14)17-13(10-16)11-4-2-1-3-5-11/h1-5,10,12-13,15H,6-9H2/t13-/m1/s1. The van der Waals surface area contributed by atoms with E-state index in [9.17, 15) is 4.79 Å². The van der Waals surface area contributed by atoms with Crippen molar-refractivity contribution < 1.29 is 14.6 Å². The second-order valence-corrected chi connectivity index (χ2v) is 4.21. The van der Waals surface area contributed by atoms with Crippen LogP contribution in [0.1, 0.15) is 11.7 Å². The van der Waals surface area contributed by atoms with Crippen molar-refractivity contribution in [1.29, 1.82) is 0 Å². The number of aliphatic hydroxyl groups excluding tert-OH is 1. The van der Waals surface area contributed by atoms with Crippen molar-refractivity contribution >= 4 is 6.29 Å². The number of β-amino-alcohol motifs (C(OH)–C–C–N with tert-alkyl or cyclic N) is 1. The molecular formula is C13H17NO3. The van der Waals surface area contributed by atoms with Crippen LogP contribution in [0.5, 0.6) is 0 Å². The molecule has 17 heavy (non-hydrogen) atoms. The maximum Gasteiger partial charge on any atom is 0.153 e. The van der Waals surface area contributed by atoms with Crippen LogP contribution in [-0.4, -0.2) is 48.6 Å². The highest BCUT2D eigenvalue weighted by molar-refractivity contribution is 5.59. The van der Waals surface area contributed by atoms with E-state index in [1.807, 2.05) is 30.3 Å². The third kappa shape index (κ3) is 3.12. The Hall–Kier alpha value is -1.23. The number of benzene rings is 1. The number of hydrogen-bond donors (Lipinski definition) is 1. The molecule has 1 atom stereocenters. The van der Waals surface area contributed by atoms with E-state index in [0.29, 0.717) is 6.54 Å². The molecule has 0 radical (unpaired) electrons. The molecule has 1 aromatic carbocycles. The summed E-state index contributed by atoms with van der Waals surface area (Å²) in [6.07, 6.45) is 0.457. The van der Waals surface area contributed by atoms with Crippen LogP contribution in [0.15, 0.2) is 30.3 Å². The monoisotopic (exact) mass is 235 g/mol. The molecule has 1 heterocycles. The van der Waals surface area contributed by atoms with Crippen molar-refractivity contribution in [1.82, 2.24) is 4.90 Å². The molecule has 1 saturated heterocycles. The molecule has 0 amide bonds. The van der Waals surface area contributed by atoms with Crippen LogP contribution in [0, 0.1) is 0 Å². The summed E-state index contributed by atoms with van der Waals surface area (Å²) < 4.78 is 5.71. The van der Waals surface area contributed by atoms with Crippen molar-refractivity contribution in [2.24, 2.45) is 0 Å². The van der Waals surface area contributed by atoms with Crippen LogP contribution in [-0.2, 0) is 9.53 Å². The minimum Gasteiger partial charge on any atom is -0.395 e. The molecule has 0 bridgehead atoms. The van der Waals surface area contributed by atoms with Crippen LogP contribution in [0.25, 0.3) is 0 Å². The Morgan fingerprint density at radius 3 is 2.71 bits per heavy atom. The van der Waals surface area contributed by atoms with Gasteiger partial charge in [0.2, 0.25) is 0 Å². The maximum absolute atomic E-state index is 11.0. The number of carbonyl (C=O) groups excluding carboxylic acids is 1. The Morgan fingerprint density at radius 1 is 1.41 bits per heavy atom. The highest BCUT2D eigenvalue weighted by Gasteiger charge is 2.29. The quantitative estimate of drug-likeness (QED) is 0.734. The number of nitrogens with zero attached hydrogens (tertiary/aromatic N) is 1. The predicted octanol–water partition coefficient (Wildman–Crippen LogP) is 0.620. The molecule has 92 valence electrons. The van der Waals surface area contributed by atoms with Crippen LogP contribution in [0.4, 0.5) is 0 Å². The van der Waals surface area contributed by atoms with Crippen molar-refractivity contribution in [3.63, 3.8) is 0 Å². The van der Waals surface area contributed by atoms with E-state index in [2.05, 4.69) is 4.90 Å². The van der Waals surface area contributed by atoms with Crippen molar-refractivity contribution in [2.75, 3.05) is 26.2 Å². The van der Waals surface area contributed by atoms with Gasteiger partial charge in [0.1, 0.15) is 6.10 Å². The van der Waals surface area contributed by atoms with Gasteiger partial charge in [-0.15, -0.1) is 0 Å². The van der Waals surface area contributed by atoms with Crippen LogP contribution in [0.3, 0.4) is 0 Å². The molecule has 4 heteroatoms. The molecule has 0 unspecified atom stereocenters. The molecule has 0 aromatic heterocycles. The first kappa shape index (κ1) is 12.2. The molecule has 1 N–H and O–H groups in total. The smallest absolute Gasteiger partial charge is 0.153 e. The van der Waals surface area contributed by atoms with Gasteiger partial charge in [0.05, 0.1) is 12.7 Å². The normalized spacial score (nSPS) is 18.6. The van der Waals surface area contributed by atoms with Gasteiger partial charge in [-0.25, -0.2) is 0 Å². The van der Waals surface area contributed by atoms with E-state index in [1.165, 1.54) is 0 Å². The van der Waals surface area contributed by atoms with Crippen molar-refractivity contribution in [2.45, 2.75) is 12.2 Å². The third-order valence-electron chi connectivity index (χ3n) is 2.93. The molecule has 1 aromatic rings. The Balaban J connectivity index is 1.84. The number of rotatable bonds is 6. The highest BCUT2D eigenvalue weighted by Crippen LogP contribution is 2.21. The number of aldehydes is 1. The molecule has 1 aliphatic heterocycles. The Labute approximate surface area is 101 Å². The zero-order chi connectivity index (χ0) is 12.1. The van der Waals surface area contributed by atoms with E-state index in [4.69, 9.17) is 9.84 Å². The molecule has 4 nitrogen and oxygen atoms in total. The first-order chi connectivity index (χ1) is 8.33. The lowest BCUT2D eigenvalue weighted by atomic mass is 10.1. The zero-order valence-corrected chi connectivity index (χ0v) is 9.66. The average Bonchev–Trinajstić information content (AvgIpc) is 2.33. The Morgan fingerprint density at radius 2 is 2.12 bits per heavy atom. The van der Waals surface area contributed by atoms with Crippen LogP contribution in [0.2, 0.25) is 0 Å². The topological polar surface area (TPSA) is 49.8 Å². The molecule has 0 aliphatic carbocycles. The van der Waals surface area contributed by atoms with Gasteiger partial charge in [-0.1, -0.05) is 30.3 Å². The second-order valence-electron chi connectivity index (χ2n) is 4.21. The third-order valence-corrected chi connectivity index (χ3v) is 2.93. The predicted molar refractivity (Wildman–Crippen MR) is 63.6 cm³/mol. The van der Waals surface area contributed by atoms with E-state index in [-0.39, 0.29) is 12.7 Å². The summed E-state index contributed by atoms with van der Waals surface area (Å²) in [7, 11) is 0.